The van der Waals surface area contributed by atoms with Crippen molar-refractivity contribution in [1.82, 2.24) is 9.97 Å². The summed E-state index contributed by atoms with van der Waals surface area (Å²) in [5.74, 6) is 1.13. The maximum absolute atomic E-state index is 5.69. The fourth-order valence-corrected chi connectivity index (χ4v) is 1.71. The minimum atomic E-state index is 0.535. The highest BCUT2D eigenvalue weighted by Gasteiger charge is 2.12. The Hall–Kier alpha value is -1.13. The van der Waals surface area contributed by atoms with Gasteiger partial charge < -0.3 is 10.1 Å². The average Bonchev–Trinajstić information content (AvgIpc) is 2.28. The van der Waals surface area contributed by atoms with E-state index >= 15 is 0 Å². The molecule has 16 heavy (non-hydrogen) atoms. The molecule has 5 heteroatoms. The van der Waals surface area contributed by atoms with Gasteiger partial charge in [-0.3, -0.25) is 0 Å². The lowest BCUT2D eigenvalue weighted by Gasteiger charge is -2.20. The van der Waals surface area contributed by atoms with Crippen molar-refractivity contribution in [3.63, 3.8) is 0 Å². The van der Waals surface area contributed by atoms with Crippen molar-refractivity contribution >= 4 is 17.5 Å². The van der Waals surface area contributed by atoms with Crippen LogP contribution < -0.4 is 5.32 Å². The van der Waals surface area contributed by atoms with E-state index in [9.17, 15) is 0 Å². The summed E-state index contributed by atoms with van der Waals surface area (Å²) in [6, 6.07) is 0. The molecule has 2 heterocycles. The molecule has 0 aliphatic carbocycles. The van der Waals surface area contributed by atoms with Crippen LogP contribution in [-0.2, 0) is 4.74 Å². The highest BCUT2D eigenvalue weighted by Crippen LogP contribution is 2.18. The number of nitrogens with zero attached hydrogens (tertiary/aromatic N) is 2. The predicted octanol–water partition coefficient (Wildman–Crippen LogP) is 2.48. The van der Waals surface area contributed by atoms with Gasteiger partial charge in [0.05, 0.1) is 24.0 Å². The minimum Gasteiger partial charge on any atom is -0.377 e. The molecule has 1 aliphatic rings. The van der Waals surface area contributed by atoms with Crippen LogP contribution in [0.4, 0.5) is 5.95 Å². The largest absolute Gasteiger partial charge is 0.377 e. The Morgan fingerprint density at radius 2 is 2.25 bits per heavy atom. The molecule has 1 aromatic rings. The molecule has 0 radical (unpaired) electrons. The second-order valence-corrected chi connectivity index (χ2v) is 4.43. The number of hydrogen-bond donors (Lipinski definition) is 1. The van der Waals surface area contributed by atoms with Crippen LogP contribution >= 0.6 is 11.6 Å². The third kappa shape index (κ3) is 3.18. The smallest absolute Gasteiger partial charge is 0.226 e. The molecule has 2 rings (SSSR count). The molecule has 4 nitrogen and oxygen atoms in total. The summed E-state index contributed by atoms with van der Waals surface area (Å²) in [7, 11) is 0. The van der Waals surface area contributed by atoms with E-state index in [1.165, 1.54) is 5.57 Å². The fourth-order valence-electron chi connectivity index (χ4n) is 1.61. The molecule has 86 valence electrons. The molecule has 1 fully saturated rings. The SMILES string of the molecule is CC1COC/C(=C\Nc2ncc(Cl)cn2)C1. The van der Waals surface area contributed by atoms with Crippen molar-refractivity contribution in [1.29, 1.82) is 0 Å². The Bertz CT molecular complexity index is 377. The summed E-state index contributed by atoms with van der Waals surface area (Å²) in [5, 5.41) is 3.57. The molecule has 0 saturated carbocycles. The molecule has 1 aliphatic heterocycles. The van der Waals surface area contributed by atoms with E-state index in [2.05, 4.69) is 22.2 Å². The van der Waals surface area contributed by atoms with Crippen LogP contribution in [0.3, 0.4) is 0 Å². The van der Waals surface area contributed by atoms with Crippen LogP contribution in [0.1, 0.15) is 13.3 Å². The zero-order valence-electron chi connectivity index (χ0n) is 9.11. The van der Waals surface area contributed by atoms with Crippen LogP contribution in [0.5, 0.6) is 0 Å². The van der Waals surface area contributed by atoms with Crippen molar-refractivity contribution in [3.8, 4) is 0 Å². The van der Waals surface area contributed by atoms with Gasteiger partial charge in [-0.05, 0) is 17.9 Å². The molecule has 1 N–H and O–H groups in total. The molecule has 0 spiro atoms. The van der Waals surface area contributed by atoms with Gasteiger partial charge in [0.15, 0.2) is 0 Å². The Morgan fingerprint density at radius 1 is 1.50 bits per heavy atom. The normalized spacial score (nSPS) is 23.4. The number of aromatic nitrogens is 2. The average molecular weight is 240 g/mol. The van der Waals surface area contributed by atoms with Crippen LogP contribution in [0, 0.1) is 5.92 Å². The first-order chi connectivity index (χ1) is 7.74. The number of nitrogens with one attached hydrogen (secondary N) is 1. The number of ether oxygens (including phenoxy) is 1. The monoisotopic (exact) mass is 239 g/mol. The lowest BCUT2D eigenvalue weighted by atomic mass is 10.0. The number of hydrogen-bond acceptors (Lipinski definition) is 4. The van der Waals surface area contributed by atoms with Crippen molar-refractivity contribution in [2.45, 2.75) is 13.3 Å². The molecular weight excluding hydrogens is 226 g/mol. The molecule has 1 atom stereocenters. The standard InChI is InChI=1S/C11H14ClN3O/c1-8-2-9(7-16-6-8)3-13-11-14-4-10(12)5-15-11/h3-5,8H,2,6-7H2,1H3,(H,13,14,15)/b9-3-. The van der Waals surface area contributed by atoms with E-state index in [4.69, 9.17) is 16.3 Å². The summed E-state index contributed by atoms with van der Waals surface area (Å²) >= 11 is 5.69. The fraction of sp³-hybridized carbons (Fsp3) is 0.455. The zero-order valence-corrected chi connectivity index (χ0v) is 9.87. The Balaban J connectivity index is 1.95. The number of halogens is 1. The van der Waals surface area contributed by atoms with E-state index < -0.39 is 0 Å². The summed E-state index contributed by atoms with van der Waals surface area (Å²) < 4.78 is 5.43. The Kier molecular flexibility index (Phi) is 3.74. The second kappa shape index (κ2) is 5.27. The summed E-state index contributed by atoms with van der Waals surface area (Å²) in [4.78, 5) is 8.08. The predicted molar refractivity (Wildman–Crippen MR) is 63.3 cm³/mol. The van der Waals surface area contributed by atoms with Gasteiger partial charge in [0.1, 0.15) is 0 Å². The van der Waals surface area contributed by atoms with Gasteiger partial charge in [0, 0.05) is 12.8 Å². The third-order valence-electron chi connectivity index (χ3n) is 2.33. The number of rotatable bonds is 2. The summed E-state index contributed by atoms with van der Waals surface area (Å²) in [5.41, 5.74) is 1.23. The highest BCUT2D eigenvalue weighted by atomic mass is 35.5. The molecule has 0 bridgehead atoms. The molecule has 0 aromatic carbocycles. The molecule has 1 unspecified atom stereocenters. The molecular formula is C11H14ClN3O. The first-order valence-corrected chi connectivity index (χ1v) is 5.61. The highest BCUT2D eigenvalue weighted by molar-refractivity contribution is 6.30. The second-order valence-electron chi connectivity index (χ2n) is 4.00. The summed E-state index contributed by atoms with van der Waals surface area (Å²) in [6.07, 6.45) is 6.10. The first kappa shape index (κ1) is 11.4. The van der Waals surface area contributed by atoms with Gasteiger partial charge in [-0.1, -0.05) is 18.5 Å². The van der Waals surface area contributed by atoms with Gasteiger partial charge in [-0.15, -0.1) is 0 Å². The lowest BCUT2D eigenvalue weighted by Crippen LogP contribution is -2.17. The van der Waals surface area contributed by atoms with Crippen LogP contribution in [0.25, 0.3) is 0 Å². The quantitative estimate of drug-likeness (QED) is 0.862. The number of anilines is 1. The Labute approximate surface area is 99.7 Å². The van der Waals surface area contributed by atoms with Crippen molar-refractivity contribution in [2.75, 3.05) is 18.5 Å². The van der Waals surface area contributed by atoms with Gasteiger partial charge in [-0.2, -0.15) is 0 Å². The van der Waals surface area contributed by atoms with E-state index in [0.717, 1.165) is 13.0 Å². The van der Waals surface area contributed by atoms with Crippen LogP contribution in [0.2, 0.25) is 5.02 Å². The molecule has 1 saturated heterocycles. The van der Waals surface area contributed by atoms with Crippen molar-refractivity contribution in [3.05, 3.63) is 29.2 Å². The van der Waals surface area contributed by atoms with E-state index in [0.29, 0.717) is 23.5 Å². The molecule has 1 aromatic heterocycles. The maximum atomic E-state index is 5.69. The maximum Gasteiger partial charge on any atom is 0.226 e. The van der Waals surface area contributed by atoms with Crippen molar-refractivity contribution in [2.24, 2.45) is 5.92 Å². The molecule has 0 amide bonds. The third-order valence-corrected chi connectivity index (χ3v) is 2.52. The minimum absolute atomic E-state index is 0.535. The topological polar surface area (TPSA) is 47.0 Å². The van der Waals surface area contributed by atoms with Gasteiger partial charge in [0.2, 0.25) is 5.95 Å². The van der Waals surface area contributed by atoms with E-state index in [-0.39, 0.29) is 0 Å². The van der Waals surface area contributed by atoms with Gasteiger partial charge >= 0.3 is 0 Å². The Morgan fingerprint density at radius 3 is 2.94 bits per heavy atom. The lowest BCUT2D eigenvalue weighted by molar-refractivity contribution is 0.0946. The van der Waals surface area contributed by atoms with Crippen LogP contribution in [0.15, 0.2) is 24.2 Å². The van der Waals surface area contributed by atoms with E-state index in [1.807, 2.05) is 6.20 Å². The van der Waals surface area contributed by atoms with Gasteiger partial charge in [-0.25, -0.2) is 9.97 Å². The van der Waals surface area contributed by atoms with Crippen molar-refractivity contribution < 1.29 is 4.74 Å². The first-order valence-electron chi connectivity index (χ1n) is 5.24. The van der Waals surface area contributed by atoms with Gasteiger partial charge in [0.25, 0.3) is 0 Å². The zero-order chi connectivity index (χ0) is 11.4. The van der Waals surface area contributed by atoms with Crippen LogP contribution in [-0.4, -0.2) is 23.2 Å². The van der Waals surface area contributed by atoms with E-state index in [1.54, 1.807) is 12.4 Å². The summed E-state index contributed by atoms with van der Waals surface area (Å²) in [6.45, 7) is 3.70.